The van der Waals surface area contributed by atoms with Crippen molar-refractivity contribution in [3.05, 3.63) is 170 Å². The normalized spacial score (nSPS) is 11.9. The van der Waals surface area contributed by atoms with Crippen molar-refractivity contribution in [2.75, 3.05) is 0 Å². The lowest BCUT2D eigenvalue weighted by atomic mass is 10.0. The molecule has 0 saturated carbocycles. The summed E-state index contributed by atoms with van der Waals surface area (Å²) in [6, 6.07) is 57.5. The van der Waals surface area contributed by atoms with Gasteiger partial charge in [-0.25, -0.2) is 4.98 Å². The zero-order valence-corrected chi connectivity index (χ0v) is 27.4. The molecule has 5 heteroatoms. The van der Waals surface area contributed by atoms with Crippen LogP contribution in [0.2, 0.25) is 0 Å². The van der Waals surface area contributed by atoms with Gasteiger partial charge in [-0.2, -0.15) is 0 Å². The molecule has 0 atom stereocenters. The Hall–Kier alpha value is -6.98. The van der Waals surface area contributed by atoms with Gasteiger partial charge in [-0.15, -0.1) is 0 Å². The van der Waals surface area contributed by atoms with E-state index in [1.165, 1.54) is 21.8 Å². The Morgan fingerprint density at radius 2 is 0.980 bits per heavy atom. The number of fused-ring (bicyclic) bond motifs is 9. The Kier molecular flexibility index (Phi) is 5.89. The summed E-state index contributed by atoms with van der Waals surface area (Å²) in [5.41, 5.74) is 13.4. The van der Waals surface area contributed by atoms with Gasteiger partial charge in [0.2, 0.25) is 0 Å². The topological polar surface area (TPSA) is 48.8 Å². The summed E-state index contributed by atoms with van der Waals surface area (Å²) in [5, 5.41) is 5.74. The minimum atomic E-state index is 0.858. The molecule has 11 aromatic rings. The molecule has 5 aromatic heterocycles. The Morgan fingerprint density at radius 3 is 1.75 bits per heavy atom. The highest BCUT2D eigenvalue weighted by atomic mass is 16.3. The smallest absolute Gasteiger partial charge is 0.135 e. The number of para-hydroxylation sites is 3. The van der Waals surface area contributed by atoms with Crippen LogP contribution in [0.4, 0.5) is 0 Å². The molecule has 0 bridgehead atoms. The number of furan rings is 1. The highest BCUT2D eigenvalue weighted by Crippen LogP contribution is 2.38. The second kappa shape index (κ2) is 10.8. The standard InChI is InChI=1S/C46H28N4O/c1-2-10-31(11-3-1)49-42-22-19-29(27-37(42)46-43(49)18-9-25-47-46)38-14-8-15-39(48-38)30-20-23-44-35(26-30)36-28-32(21-24-45(36)51-44)50-40-16-6-4-12-33(40)34-13-5-7-17-41(34)50/h1-28H. The van der Waals surface area contributed by atoms with Crippen LogP contribution in [0.5, 0.6) is 0 Å². The molecule has 6 aromatic carbocycles. The molecule has 0 spiro atoms. The van der Waals surface area contributed by atoms with E-state index < -0.39 is 0 Å². The highest BCUT2D eigenvalue weighted by molar-refractivity contribution is 6.11. The molecule has 0 aliphatic heterocycles. The van der Waals surface area contributed by atoms with Gasteiger partial charge in [0.15, 0.2) is 0 Å². The highest BCUT2D eigenvalue weighted by Gasteiger charge is 2.17. The van der Waals surface area contributed by atoms with Crippen molar-refractivity contribution in [1.82, 2.24) is 19.1 Å². The van der Waals surface area contributed by atoms with Gasteiger partial charge in [0.1, 0.15) is 11.2 Å². The van der Waals surface area contributed by atoms with Gasteiger partial charge in [0.25, 0.3) is 0 Å². The van der Waals surface area contributed by atoms with Crippen LogP contribution in [-0.4, -0.2) is 19.1 Å². The molecule has 0 aliphatic carbocycles. The third-order valence-electron chi connectivity index (χ3n) is 10.2. The van der Waals surface area contributed by atoms with Crippen LogP contribution in [0.1, 0.15) is 0 Å². The first-order valence-electron chi connectivity index (χ1n) is 17.2. The summed E-state index contributed by atoms with van der Waals surface area (Å²) in [6.07, 6.45) is 1.87. The molecule has 0 unspecified atom stereocenters. The van der Waals surface area contributed by atoms with E-state index in [-0.39, 0.29) is 0 Å². The fourth-order valence-electron chi connectivity index (χ4n) is 7.87. The van der Waals surface area contributed by atoms with Crippen molar-refractivity contribution >= 4 is 65.7 Å². The molecular weight excluding hydrogens is 625 g/mol. The Bertz CT molecular complexity index is 3090. The molecule has 0 amide bonds. The third-order valence-corrected chi connectivity index (χ3v) is 10.2. The van der Waals surface area contributed by atoms with Crippen LogP contribution in [0.25, 0.3) is 99.6 Å². The van der Waals surface area contributed by atoms with Gasteiger partial charge < -0.3 is 13.6 Å². The van der Waals surface area contributed by atoms with E-state index in [0.717, 1.165) is 77.8 Å². The van der Waals surface area contributed by atoms with Crippen LogP contribution in [-0.2, 0) is 0 Å². The quantitative estimate of drug-likeness (QED) is 0.190. The van der Waals surface area contributed by atoms with E-state index in [2.05, 4.69) is 161 Å². The van der Waals surface area contributed by atoms with E-state index in [9.17, 15) is 0 Å². The van der Waals surface area contributed by atoms with Gasteiger partial charge in [-0.1, -0.05) is 66.7 Å². The number of nitrogens with zero attached hydrogens (tertiary/aromatic N) is 4. The molecule has 51 heavy (non-hydrogen) atoms. The molecule has 0 fully saturated rings. The number of hydrogen-bond acceptors (Lipinski definition) is 3. The van der Waals surface area contributed by atoms with Crippen LogP contribution in [0.3, 0.4) is 0 Å². The Balaban J connectivity index is 1.03. The van der Waals surface area contributed by atoms with Gasteiger partial charge in [-0.05, 0) is 97.1 Å². The summed E-state index contributed by atoms with van der Waals surface area (Å²) in [6.45, 7) is 0. The molecule has 0 N–H and O–H groups in total. The van der Waals surface area contributed by atoms with Crippen molar-refractivity contribution in [3.63, 3.8) is 0 Å². The number of pyridine rings is 2. The zero-order chi connectivity index (χ0) is 33.5. The minimum Gasteiger partial charge on any atom is -0.456 e. The summed E-state index contributed by atoms with van der Waals surface area (Å²) >= 11 is 0. The van der Waals surface area contributed by atoms with E-state index in [1.807, 2.05) is 18.3 Å². The van der Waals surface area contributed by atoms with Crippen molar-refractivity contribution < 1.29 is 4.42 Å². The molecule has 0 aliphatic rings. The number of aromatic nitrogens is 4. The van der Waals surface area contributed by atoms with Crippen molar-refractivity contribution in [1.29, 1.82) is 0 Å². The van der Waals surface area contributed by atoms with Crippen LogP contribution < -0.4 is 0 Å². The third kappa shape index (κ3) is 4.22. The van der Waals surface area contributed by atoms with Gasteiger partial charge in [-0.3, -0.25) is 4.98 Å². The Labute approximate surface area is 292 Å². The summed E-state index contributed by atoms with van der Waals surface area (Å²) in [4.78, 5) is 10.0. The first-order chi connectivity index (χ1) is 25.3. The lowest BCUT2D eigenvalue weighted by Gasteiger charge is -2.09. The molecule has 0 saturated heterocycles. The minimum absolute atomic E-state index is 0.858. The molecule has 5 heterocycles. The fraction of sp³-hybridized carbons (Fsp3) is 0. The summed E-state index contributed by atoms with van der Waals surface area (Å²) in [7, 11) is 0. The maximum absolute atomic E-state index is 6.36. The van der Waals surface area contributed by atoms with Crippen molar-refractivity contribution in [2.24, 2.45) is 0 Å². The number of rotatable bonds is 4. The van der Waals surface area contributed by atoms with Crippen LogP contribution in [0, 0.1) is 0 Å². The molecule has 238 valence electrons. The number of benzene rings is 6. The molecule has 0 radical (unpaired) electrons. The van der Waals surface area contributed by atoms with Gasteiger partial charge in [0, 0.05) is 55.6 Å². The van der Waals surface area contributed by atoms with Crippen molar-refractivity contribution in [2.45, 2.75) is 0 Å². The zero-order valence-electron chi connectivity index (χ0n) is 27.4. The number of hydrogen-bond donors (Lipinski definition) is 0. The summed E-state index contributed by atoms with van der Waals surface area (Å²) in [5.74, 6) is 0. The van der Waals surface area contributed by atoms with Gasteiger partial charge >= 0.3 is 0 Å². The Morgan fingerprint density at radius 1 is 0.392 bits per heavy atom. The SMILES string of the molecule is c1ccc(-n2c3ccc(-c4cccc(-c5ccc6oc7ccc(-n8c9ccccc9c9ccccc98)cc7c6c5)n4)cc3c3ncccc32)cc1. The van der Waals surface area contributed by atoms with Gasteiger partial charge in [0.05, 0.1) is 39.0 Å². The first-order valence-corrected chi connectivity index (χ1v) is 17.2. The summed E-state index contributed by atoms with van der Waals surface area (Å²) < 4.78 is 11.0. The lowest BCUT2D eigenvalue weighted by molar-refractivity contribution is 0.669. The second-order valence-corrected chi connectivity index (χ2v) is 13.0. The van der Waals surface area contributed by atoms with Crippen LogP contribution in [0.15, 0.2) is 174 Å². The predicted molar refractivity (Wildman–Crippen MR) is 209 cm³/mol. The average Bonchev–Trinajstić information content (AvgIpc) is 3.85. The van der Waals surface area contributed by atoms with Crippen molar-refractivity contribution in [3.8, 4) is 33.9 Å². The maximum atomic E-state index is 6.36. The van der Waals surface area contributed by atoms with Crippen LogP contribution >= 0.6 is 0 Å². The fourth-order valence-corrected chi connectivity index (χ4v) is 7.87. The maximum Gasteiger partial charge on any atom is 0.135 e. The van der Waals surface area contributed by atoms with E-state index in [1.54, 1.807) is 0 Å². The van der Waals surface area contributed by atoms with E-state index in [0.29, 0.717) is 0 Å². The van der Waals surface area contributed by atoms with E-state index >= 15 is 0 Å². The van der Waals surface area contributed by atoms with E-state index in [4.69, 9.17) is 14.4 Å². The largest absolute Gasteiger partial charge is 0.456 e. The molecule has 11 rings (SSSR count). The molecular formula is C46H28N4O. The monoisotopic (exact) mass is 652 g/mol. The predicted octanol–water partition coefficient (Wildman–Crippen LogP) is 11.9. The lowest BCUT2D eigenvalue weighted by Crippen LogP contribution is -1.93. The average molecular weight is 653 g/mol. The first kappa shape index (κ1) is 27.9. The second-order valence-electron chi connectivity index (χ2n) is 13.0. The molecule has 5 nitrogen and oxygen atoms in total.